The van der Waals surface area contributed by atoms with Crippen molar-refractivity contribution in [2.45, 2.75) is 46.1 Å². The lowest BCUT2D eigenvalue weighted by atomic mass is 10.0. The Bertz CT molecular complexity index is 268. The molecular weight excluding hydrogens is 192 g/mol. The maximum Gasteiger partial charge on any atom is 0.327 e. The molecule has 3 amide bonds. The highest BCUT2D eigenvalue weighted by Crippen LogP contribution is 2.20. The molecule has 0 aromatic rings. The van der Waals surface area contributed by atoms with E-state index >= 15 is 0 Å². The first-order valence-corrected chi connectivity index (χ1v) is 5.50. The van der Waals surface area contributed by atoms with E-state index in [-0.39, 0.29) is 17.5 Å². The fraction of sp³-hybridized carbons (Fsp3) is 0.818. The summed E-state index contributed by atoms with van der Waals surface area (Å²) in [7, 11) is 0. The van der Waals surface area contributed by atoms with E-state index in [9.17, 15) is 9.59 Å². The number of urea groups is 1. The Morgan fingerprint density at radius 3 is 2.33 bits per heavy atom. The number of hydrogen-bond donors (Lipinski definition) is 0. The summed E-state index contributed by atoms with van der Waals surface area (Å²) in [6.45, 7) is 9.02. The minimum absolute atomic E-state index is 0.0395. The summed E-state index contributed by atoms with van der Waals surface area (Å²) in [5, 5.41) is 0. The normalized spacial score (nSPS) is 18.7. The molecule has 4 heteroatoms. The van der Waals surface area contributed by atoms with E-state index in [2.05, 4.69) is 0 Å². The Kier molecular flexibility index (Phi) is 3.37. The Labute approximate surface area is 91.2 Å². The third-order valence-corrected chi connectivity index (χ3v) is 2.57. The van der Waals surface area contributed by atoms with Gasteiger partial charge in [0.1, 0.15) is 0 Å². The molecule has 1 fully saturated rings. The molecule has 0 aliphatic carbocycles. The first kappa shape index (κ1) is 12.0. The van der Waals surface area contributed by atoms with E-state index in [0.717, 1.165) is 6.42 Å². The lowest BCUT2D eigenvalue weighted by Gasteiger charge is -2.42. The van der Waals surface area contributed by atoms with E-state index in [1.165, 1.54) is 4.90 Å². The van der Waals surface area contributed by atoms with Crippen LogP contribution < -0.4 is 0 Å². The number of hydrogen-bond acceptors (Lipinski definition) is 2. The number of amides is 3. The van der Waals surface area contributed by atoms with E-state index in [4.69, 9.17) is 0 Å². The van der Waals surface area contributed by atoms with Gasteiger partial charge < -0.3 is 4.90 Å². The summed E-state index contributed by atoms with van der Waals surface area (Å²) >= 11 is 0. The zero-order chi connectivity index (χ0) is 11.6. The van der Waals surface area contributed by atoms with Crippen molar-refractivity contribution in [3.8, 4) is 0 Å². The largest absolute Gasteiger partial charge is 0.327 e. The second-order valence-electron chi connectivity index (χ2n) is 4.90. The second-order valence-corrected chi connectivity index (χ2v) is 4.90. The number of rotatable bonds is 2. The van der Waals surface area contributed by atoms with E-state index in [1.54, 1.807) is 4.90 Å². The molecule has 0 radical (unpaired) electrons. The van der Waals surface area contributed by atoms with E-state index in [0.29, 0.717) is 19.5 Å². The zero-order valence-electron chi connectivity index (χ0n) is 10.0. The molecule has 15 heavy (non-hydrogen) atoms. The van der Waals surface area contributed by atoms with Crippen LogP contribution in [0.4, 0.5) is 4.79 Å². The molecule has 1 saturated heterocycles. The third kappa shape index (κ3) is 2.49. The Hall–Kier alpha value is -1.06. The first-order chi connectivity index (χ1) is 6.88. The summed E-state index contributed by atoms with van der Waals surface area (Å²) in [4.78, 5) is 26.7. The fourth-order valence-electron chi connectivity index (χ4n) is 1.76. The number of carbonyl (C=O) groups is 2. The van der Waals surface area contributed by atoms with Gasteiger partial charge >= 0.3 is 6.03 Å². The maximum absolute atomic E-state index is 12.0. The molecule has 86 valence electrons. The standard InChI is InChI=1S/C11H20N2O2/c1-5-7-12-9(14)6-8-13(10(12)15)11(2,3)4/h5-8H2,1-4H3. The zero-order valence-corrected chi connectivity index (χ0v) is 10.0. The van der Waals surface area contributed by atoms with Crippen molar-refractivity contribution in [1.29, 1.82) is 0 Å². The molecule has 1 rings (SSSR count). The molecule has 0 aromatic carbocycles. The molecule has 0 spiro atoms. The van der Waals surface area contributed by atoms with Crippen LogP contribution in [0.25, 0.3) is 0 Å². The van der Waals surface area contributed by atoms with Crippen molar-refractivity contribution in [2.75, 3.05) is 13.1 Å². The van der Waals surface area contributed by atoms with Crippen LogP contribution in [0.1, 0.15) is 40.5 Å². The smallest absolute Gasteiger partial charge is 0.319 e. The SMILES string of the molecule is CCCN1C(=O)CCN(C(C)(C)C)C1=O. The van der Waals surface area contributed by atoms with Gasteiger partial charge in [0.05, 0.1) is 0 Å². The van der Waals surface area contributed by atoms with Gasteiger partial charge in [-0.05, 0) is 27.2 Å². The minimum Gasteiger partial charge on any atom is -0.319 e. The molecule has 0 N–H and O–H groups in total. The van der Waals surface area contributed by atoms with Crippen LogP contribution in [-0.4, -0.2) is 40.4 Å². The lowest BCUT2D eigenvalue weighted by Crippen LogP contribution is -2.58. The van der Waals surface area contributed by atoms with Crippen LogP contribution in [0.15, 0.2) is 0 Å². The highest BCUT2D eigenvalue weighted by Gasteiger charge is 2.36. The van der Waals surface area contributed by atoms with Crippen molar-refractivity contribution in [1.82, 2.24) is 9.80 Å². The summed E-state index contributed by atoms with van der Waals surface area (Å²) < 4.78 is 0. The van der Waals surface area contributed by atoms with Crippen LogP contribution in [0.3, 0.4) is 0 Å². The van der Waals surface area contributed by atoms with Crippen LogP contribution in [0.2, 0.25) is 0 Å². The van der Waals surface area contributed by atoms with E-state index in [1.807, 2.05) is 27.7 Å². The van der Waals surface area contributed by atoms with Crippen LogP contribution in [0.5, 0.6) is 0 Å². The number of imide groups is 1. The predicted octanol–water partition coefficient (Wildman–Crippen LogP) is 1.85. The van der Waals surface area contributed by atoms with Gasteiger partial charge in [-0.25, -0.2) is 4.79 Å². The molecule has 4 nitrogen and oxygen atoms in total. The summed E-state index contributed by atoms with van der Waals surface area (Å²) in [5.74, 6) is -0.0395. The third-order valence-electron chi connectivity index (χ3n) is 2.57. The molecule has 0 saturated carbocycles. The van der Waals surface area contributed by atoms with Crippen molar-refractivity contribution in [3.05, 3.63) is 0 Å². The first-order valence-electron chi connectivity index (χ1n) is 5.50. The highest BCUT2D eigenvalue weighted by atomic mass is 16.2. The van der Waals surface area contributed by atoms with Gasteiger partial charge in [-0.15, -0.1) is 0 Å². The Balaban J connectivity index is 2.81. The molecule has 1 aliphatic heterocycles. The van der Waals surface area contributed by atoms with Gasteiger partial charge in [-0.2, -0.15) is 0 Å². The number of carbonyl (C=O) groups excluding carboxylic acids is 2. The van der Waals surface area contributed by atoms with Gasteiger partial charge in [0, 0.05) is 25.0 Å². The molecule has 0 aromatic heterocycles. The van der Waals surface area contributed by atoms with Gasteiger partial charge in [0.2, 0.25) is 5.91 Å². The fourth-order valence-corrected chi connectivity index (χ4v) is 1.76. The second kappa shape index (κ2) is 4.21. The minimum atomic E-state index is -0.205. The summed E-state index contributed by atoms with van der Waals surface area (Å²) in [6.07, 6.45) is 1.26. The quantitative estimate of drug-likeness (QED) is 0.701. The topological polar surface area (TPSA) is 40.6 Å². The molecule has 0 atom stereocenters. The van der Waals surface area contributed by atoms with Crippen LogP contribution in [0, 0.1) is 0 Å². The van der Waals surface area contributed by atoms with Gasteiger partial charge in [0.25, 0.3) is 0 Å². The summed E-state index contributed by atoms with van der Waals surface area (Å²) in [5.41, 5.74) is -0.205. The Morgan fingerprint density at radius 1 is 1.27 bits per heavy atom. The lowest BCUT2D eigenvalue weighted by molar-refractivity contribution is -0.131. The van der Waals surface area contributed by atoms with Gasteiger partial charge in [-0.3, -0.25) is 9.69 Å². The molecular formula is C11H20N2O2. The van der Waals surface area contributed by atoms with Crippen LogP contribution >= 0.6 is 0 Å². The van der Waals surface area contributed by atoms with Crippen molar-refractivity contribution >= 4 is 11.9 Å². The predicted molar refractivity (Wildman–Crippen MR) is 58.5 cm³/mol. The molecule has 0 bridgehead atoms. The van der Waals surface area contributed by atoms with Gasteiger partial charge in [-0.1, -0.05) is 6.92 Å². The van der Waals surface area contributed by atoms with Gasteiger partial charge in [0.15, 0.2) is 0 Å². The molecule has 1 aliphatic rings. The monoisotopic (exact) mass is 212 g/mol. The molecule has 1 heterocycles. The Morgan fingerprint density at radius 2 is 1.87 bits per heavy atom. The van der Waals surface area contributed by atoms with Crippen molar-refractivity contribution in [3.63, 3.8) is 0 Å². The number of nitrogens with zero attached hydrogens (tertiary/aromatic N) is 2. The average molecular weight is 212 g/mol. The van der Waals surface area contributed by atoms with Crippen molar-refractivity contribution in [2.24, 2.45) is 0 Å². The highest BCUT2D eigenvalue weighted by molar-refractivity contribution is 5.97. The molecule has 0 unspecified atom stereocenters. The van der Waals surface area contributed by atoms with Crippen molar-refractivity contribution < 1.29 is 9.59 Å². The maximum atomic E-state index is 12.0. The van der Waals surface area contributed by atoms with E-state index < -0.39 is 0 Å². The average Bonchev–Trinajstić information content (AvgIpc) is 2.09. The van der Waals surface area contributed by atoms with Crippen LogP contribution in [-0.2, 0) is 4.79 Å². The summed E-state index contributed by atoms with van der Waals surface area (Å²) in [6, 6.07) is -0.138.